The van der Waals surface area contributed by atoms with E-state index in [0.717, 1.165) is 38.5 Å². The Hall–Kier alpha value is -1.43. The van der Waals surface area contributed by atoms with Gasteiger partial charge in [0.1, 0.15) is 6.10 Å². The minimum absolute atomic E-state index is 0.0570. The lowest BCUT2D eigenvalue weighted by Crippen LogP contribution is -2.60. The van der Waals surface area contributed by atoms with Crippen molar-refractivity contribution in [3.05, 3.63) is 35.9 Å². The molecule has 5 nitrogen and oxygen atoms in total. The summed E-state index contributed by atoms with van der Waals surface area (Å²) in [5.74, 6) is 2.72. The summed E-state index contributed by atoms with van der Waals surface area (Å²) >= 11 is 0. The Bertz CT molecular complexity index is 989. The average molecular weight is 615 g/mol. The number of ether oxygens (including phenoxy) is 3. The van der Waals surface area contributed by atoms with Gasteiger partial charge in [0.05, 0.1) is 18.8 Å². The second-order valence-electron chi connectivity index (χ2n) is 13.9. The van der Waals surface area contributed by atoms with E-state index in [2.05, 4.69) is 20.8 Å². The Morgan fingerprint density at radius 1 is 0.909 bits per heavy atom. The number of benzene rings is 1. The van der Waals surface area contributed by atoms with Gasteiger partial charge in [0.25, 0.3) is 0 Å². The van der Waals surface area contributed by atoms with E-state index in [0.29, 0.717) is 54.3 Å². The van der Waals surface area contributed by atoms with Gasteiger partial charge in [-0.05, 0) is 104 Å². The van der Waals surface area contributed by atoms with Crippen molar-refractivity contribution < 1.29 is 24.1 Å². The average Bonchev–Trinajstić information content (AvgIpc) is 3.68. The molecular formula is C39H66O5. The quantitative estimate of drug-likeness (QED) is 0.323. The fourth-order valence-electron chi connectivity index (χ4n) is 10.4. The van der Waals surface area contributed by atoms with E-state index in [1.54, 1.807) is 0 Å². The Morgan fingerprint density at radius 2 is 1.55 bits per heavy atom. The van der Waals surface area contributed by atoms with Crippen molar-refractivity contribution in [1.82, 2.24) is 0 Å². The molecule has 4 aliphatic carbocycles. The van der Waals surface area contributed by atoms with E-state index in [4.69, 9.17) is 14.2 Å². The largest absolute Gasteiger partial charge is 0.458 e. The minimum Gasteiger partial charge on any atom is -0.458 e. The van der Waals surface area contributed by atoms with Crippen LogP contribution in [0, 0.1) is 46.3 Å². The van der Waals surface area contributed by atoms with Gasteiger partial charge in [0.2, 0.25) is 0 Å². The van der Waals surface area contributed by atoms with Crippen LogP contribution in [0.2, 0.25) is 0 Å². The van der Waals surface area contributed by atoms with Crippen LogP contribution in [-0.2, 0) is 14.2 Å². The zero-order valence-corrected chi connectivity index (χ0v) is 29.7. The van der Waals surface area contributed by atoms with Crippen LogP contribution >= 0.6 is 0 Å². The summed E-state index contributed by atoms with van der Waals surface area (Å²) in [7, 11) is 0. The number of carbonyl (C=O) groups excluding carboxylic acids is 1. The van der Waals surface area contributed by atoms with E-state index in [1.165, 1.54) is 25.7 Å². The van der Waals surface area contributed by atoms with Crippen LogP contribution < -0.4 is 0 Å². The van der Waals surface area contributed by atoms with Gasteiger partial charge in [0.15, 0.2) is 5.79 Å². The van der Waals surface area contributed by atoms with Gasteiger partial charge in [-0.3, -0.25) is 0 Å². The topological polar surface area (TPSA) is 65.0 Å². The zero-order chi connectivity index (χ0) is 32.5. The Labute approximate surface area is 270 Å². The standard InChI is InChI=1S/C33H48O5.3C2H6/c1-22(8-7-17-34)25-11-12-26-29-27(13-14-32(25,26)3)31(2)15-16-33(36-18-19-37-33)21-24(31)20-28(29)38-30(35)23-9-5-4-6-10-23;3*1-2/h4-6,9-10,22,24-29,34H,7-8,11-21H2,1-3H3;3*1-2H3/t22-,24+,25?,26?,27?,28-,29?,31?,32?;;;/m1.../s1. The Kier molecular flexibility index (Phi) is 13.8. The van der Waals surface area contributed by atoms with Crippen molar-refractivity contribution >= 4 is 5.97 Å². The third kappa shape index (κ3) is 7.10. The number of carbonyl (C=O) groups is 1. The van der Waals surface area contributed by atoms with Crippen molar-refractivity contribution in [3.63, 3.8) is 0 Å². The van der Waals surface area contributed by atoms with Crippen LogP contribution in [0.5, 0.6) is 0 Å². The molecule has 9 atom stereocenters. The molecule has 252 valence electrons. The molecule has 5 fully saturated rings. The second-order valence-corrected chi connectivity index (χ2v) is 13.9. The van der Waals surface area contributed by atoms with Crippen LogP contribution in [0.15, 0.2) is 30.3 Å². The van der Waals surface area contributed by atoms with Crippen molar-refractivity contribution in [2.75, 3.05) is 19.8 Å². The number of rotatable bonds is 6. The highest BCUT2D eigenvalue weighted by atomic mass is 16.7. The number of aliphatic hydroxyl groups excluding tert-OH is 1. The molecule has 1 aromatic rings. The van der Waals surface area contributed by atoms with Gasteiger partial charge in [-0.15, -0.1) is 0 Å². The second kappa shape index (κ2) is 16.4. The van der Waals surface area contributed by atoms with Crippen molar-refractivity contribution in [2.24, 2.45) is 46.3 Å². The van der Waals surface area contributed by atoms with Gasteiger partial charge in [-0.2, -0.15) is 0 Å². The maximum atomic E-state index is 13.4. The first-order valence-electron chi connectivity index (χ1n) is 18.4. The van der Waals surface area contributed by atoms with Crippen molar-refractivity contribution in [3.8, 4) is 0 Å². The van der Waals surface area contributed by atoms with Crippen LogP contribution in [0.25, 0.3) is 0 Å². The summed E-state index contributed by atoms with van der Waals surface area (Å²) in [4.78, 5) is 13.4. The minimum atomic E-state index is -0.422. The van der Waals surface area contributed by atoms with E-state index in [9.17, 15) is 9.90 Å². The smallest absolute Gasteiger partial charge is 0.338 e. The lowest BCUT2D eigenvalue weighted by Gasteiger charge is -2.63. The van der Waals surface area contributed by atoms with Crippen LogP contribution in [0.4, 0.5) is 0 Å². The summed E-state index contributed by atoms with van der Waals surface area (Å²) in [6.45, 7) is 21.2. The molecule has 5 aliphatic rings. The zero-order valence-electron chi connectivity index (χ0n) is 29.7. The Balaban J connectivity index is 0.000000832. The first-order valence-corrected chi connectivity index (χ1v) is 18.4. The molecule has 1 spiro atoms. The molecular weight excluding hydrogens is 548 g/mol. The first kappa shape index (κ1) is 37.0. The van der Waals surface area contributed by atoms with Gasteiger partial charge in [0, 0.05) is 25.4 Å². The number of fused-ring (bicyclic) bond motifs is 5. The number of aliphatic hydroxyl groups is 1. The molecule has 0 amide bonds. The van der Waals surface area contributed by atoms with Gasteiger partial charge in [-0.25, -0.2) is 4.79 Å². The molecule has 1 heterocycles. The van der Waals surface area contributed by atoms with E-state index < -0.39 is 5.79 Å². The summed E-state index contributed by atoms with van der Waals surface area (Å²) in [6.07, 6.45) is 10.9. The van der Waals surface area contributed by atoms with E-state index in [1.807, 2.05) is 71.9 Å². The third-order valence-electron chi connectivity index (χ3n) is 12.3. The predicted octanol–water partition coefficient (Wildman–Crippen LogP) is 9.71. The molecule has 4 saturated carbocycles. The van der Waals surface area contributed by atoms with Crippen LogP contribution in [0.3, 0.4) is 0 Å². The molecule has 1 saturated heterocycles. The lowest BCUT2D eigenvalue weighted by molar-refractivity contribution is -0.242. The molecule has 1 aliphatic heterocycles. The van der Waals surface area contributed by atoms with Gasteiger partial charge >= 0.3 is 5.97 Å². The molecule has 0 bridgehead atoms. The van der Waals surface area contributed by atoms with E-state index >= 15 is 0 Å². The summed E-state index contributed by atoms with van der Waals surface area (Å²) in [6, 6.07) is 9.54. The fourth-order valence-corrected chi connectivity index (χ4v) is 10.4. The van der Waals surface area contributed by atoms with Crippen LogP contribution in [-0.4, -0.2) is 42.8 Å². The highest BCUT2D eigenvalue weighted by molar-refractivity contribution is 5.89. The predicted molar refractivity (Wildman–Crippen MR) is 180 cm³/mol. The van der Waals surface area contributed by atoms with Gasteiger partial charge < -0.3 is 19.3 Å². The molecule has 5 heteroatoms. The highest BCUT2D eigenvalue weighted by Gasteiger charge is 2.65. The van der Waals surface area contributed by atoms with Crippen molar-refractivity contribution in [1.29, 1.82) is 0 Å². The molecule has 1 N–H and O–H groups in total. The highest BCUT2D eigenvalue weighted by Crippen LogP contribution is 2.69. The first-order chi connectivity index (χ1) is 21.3. The SMILES string of the molecule is CC.CC.CC.C[C@H](CCCO)C1CCC2C3C(CCC21C)C1(C)CCC2(C[C@@H]1C[C@H]3OC(=O)c1ccccc1)OCCO2. The van der Waals surface area contributed by atoms with Crippen LogP contribution in [0.1, 0.15) is 137 Å². The molecule has 6 unspecified atom stereocenters. The maximum Gasteiger partial charge on any atom is 0.338 e. The lowest BCUT2D eigenvalue weighted by atomic mass is 9.43. The van der Waals surface area contributed by atoms with Crippen molar-refractivity contribution in [2.45, 2.75) is 138 Å². The summed E-state index contributed by atoms with van der Waals surface area (Å²) < 4.78 is 19.0. The van der Waals surface area contributed by atoms with E-state index in [-0.39, 0.29) is 29.5 Å². The number of esters is 1. The maximum absolute atomic E-state index is 13.4. The molecule has 0 aromatic heterocycles. The number of hydrogen-bond acceptors (Lipinski definition) is 5. The normalized spacial score (nSPS) is 36.9. The molecule has 6 rings (SSSR count). The Morgan fingerprint density at radius 3 is 2.18 bits per heavy atom. The molecule has 44 heavy (non-hydrogen) atoms. The molecule has 1 aromatic carbocycles. The molecule has 0 radical (unpaired) electrons. The summed E-state index contributed by atoms with van der Waals surface area (Å²) in [5, 5.41) is 9.47. The van der Waals surface area contributed by atoms with Gasteiger partial charge in [-0.1, -0.05) is 80.5 Å². The fraction of sp³-hybridized carbons (Fsp3) is 0.821. The summed E-state index contributed by atoms with van der Waals surface area (Å²) in [5.41, 5.74) is 1.17. The number of hydrogen-bond donors (Lipinski definition) is 1. The monoisotopic (exact) mass is 614 g/mol. The third-order valence-corrected chi connectivity index (χ3v) is 12.3.